The van der Waals surface area contributed by atoms with Crippen molar-refractivity contribution in [3.8, 4) is 0 Å². The van der Waals surface area contributed by atoms with Gasteiger partial charge < -0.3 is 10.5 Å². The van der Waals surface area contributed by atoms with Crippen molar-refractivity contribution in [3.05, 3.63) is 28.6 Å². The van der Waals surface area contributed by atoms with Gasteiger partial charge in [-0.3, -0.25) is 0 Å². The van der Waals surface area contributed by atoms with Crippen molar-refractivity contribution >= 4 is 11.7 Å². The van der Waals surface area contributed by atoms with E-state index in [1.807, 2.05) is 0 Å². The van der Waals surface area contributed by atoms with Crippen molar-refractivity contribution < 1.29 is 13.9 Å². The number of hydrogen-bond acceptors (Lipinski definition) is 3. The summed E-state index contributed by atoms with van der Waals surface area (Å²) in [6.45, 7) is 3.23. The summed E-state index contributed by atoms with van der Waals surface area (Å²) in [5.41, 5.74) is 7.01. The number of carbonyl (C=O) groups is 1. The number of benzene rings is 1. The van der Waals surface area contributed by atoms with Gasteiger partial charge in [0.2, 0.25) is 0 Å². The highest BCUT2D eigenvalue weighted by Crippen LogP contribution is 2.23. The summed E-state index contributed by atoms with van der Waals surface area (Å²) < 4.78 is 17.7. The van der Waals surface area contributed by atoms with Gasteiger partial charge in [0.1, 0.15) is 5.82 Å². The average Bonchev–Trinajstić information content (AvgIpc) is 2.19. The maximum Gasteiger partial charge on any atom is 0.338 e. The van der Waals surface area contributed by atoms with Gasteiger partial charge in [-0.2, -0.15) is 0 Å². The molecular weight excluding hydrogens is 185 g/mol. The zero-order chi connectivity index (χ0) is 10.9. The van der Waals surface area contributed by atoms with Crippen LogP contribution in [0.4, 0.5) is 10.1 Å². The van der Waals surface area contributed by atoms with Crippen LogP contribution >= 0.6 is 0 Å². The molecular formula is C10H12FNO2. The fraction of sp³-hybridized carbons (Fsp3) is 0.300. The third-order valence-corrected chi connectivity index (χ3v) is 2.25. The van der Waals surface area contributed by atoms with E-state index in [-0.39, 0.29) is 5.56 Å². The van der Waals surface area contributed by atoms with Gasteiger partial charge in [-0.25, -0.2) is 9.18 Å². The average molecular weight is 197 g/mol. The number of nitrogen functional groups attached to an aromatic ring is 1. The molecule has 0 unspecified atom stereocenters. The molecule has 0 fully saturated rings. The predicted octanol–water partition coefficient (Wildman–Crippen LogP) is 1.81. The van der Waals surface area contributed by atoms with Gasteiger partial charge >= 0.3 is 5.97 Å². The second-order valence-electron chi connectivity index (χ2n) is 3.06. The van der Waals surface area contributed by atoms with Crippen LogP contribution in [-0.4, -0.2) is 13.1 Å². The molecule has 0 radical (unpaired) electrons. The number of anilines is 1. The maximum atomic E-state index is 13.2. The van der Waals surface area contributed by atoms with Crippen LogP contribution in [0.5, 0.6) is 0 Å². The number of ether oxygens (including phenoxy) is 1. The minimum absolute atomic E-state index is 0.174. The van der Waals surface area contributed by atoms with Gasteiger partial charge in [0.05, 0.1) is 12.7 Å². The largest absolute Gasteiger partial charge is 0.465 e. The number of methoxy groups -OCH3 is 1. The second-order valence-corrected chi connectivity index (χ2v) is 3.06. The standard InChI is InChI=1S/C10H12FNO2/c1-5-7(10(13)14-3)4-8(11)6(2)9(5)12/h4H,12H2,1-3H3. The lowest BCUT2D eigenvalue weighted by atomic mass is 10.0. The van der Waals surface area contributed by atoms with Crippen LogP contribution < -0.4 is 5.73 Å². The van der Waals surface area contributed by atoms with E-state index in [0.717, 1.165) is 6.07 Å². The van der Waals surface area contributed by atoms with Gasteiger partial charge in [-0.05, 0) is 25.5 Å². The summed E-state index contributed by atoms with van der Waals surface area (Å²) in [5, 5.41) is 0. The fourth-order valence-electron chi connectivity index (χ4n) is 1.22. The molecule has 0 aliphatic rings. The fourth-order valence-corrected chi connectivity index (χ4v) is 1.22. The van der Waals surface area contributed by atoms with E-state index in [9.17, 15) is 9.18 Å². The zero-order valence-electron chi connectivity index (χ0n) is 8.35. The Morgan fingerprint density at radius 1 is 1.43 bits per heavy atom. The Hall–Kier alpha value is -1.58. The monoisotopic (exact) mass is 197 g/mol. The van der Waals surface area contributed by atoms with E-state index >= 15 is 0 Å². The Morgan fingerprint density at radius 2 is 2.00 bits per heavy atom. The molecule has 0 bridgehead atoms. The first-order chi connectivity index (χ1) is 6.49. The number of esters is 1. The highest BCUT2D eigenvalue weighted by Gasteiger charge is 2.15. The van der Waals surface area contributed by atoms with E-state index < -0.39 is 11.8 Å². The maximum absolute atomic E-state index is 13.2. The second kappa shape index (κ2) is 3.65. The Morgan fingerprint density at radius 3 is 2.50 bits per heavy atom. The highest BCUT2D eigenvalue weighted by molar-refractivity contribution is 5.92. The molecule has 0 aliphatic heterocycles. The molecule has 0 saturated carbocycles. The van der Waals surface area contributed by atoms with Crippen LogP contribution in [0.15, 0.2) is 6.07 Å². The number of halogens is 1. The van der Waals surface area contributed by atoms with Crippen LogP contribution in [0.25, 0.3) is 0 Å². The van der Waals surface area contributed by atoms with Crippen molar-refractivity contribution in [2.45, 2.75) is 13.8 Å². The minimum atomic E-state index is -0.576. The summed E-state index contributed by atoms with van der Waals surface area (Å²) in [6.07, 6.45) is 0. The molecule has 1 rings (SSSR count). The molecule has 1 aromatic rings. The summed E-state index contributed by atoms with van der Waals surface area (Å²) in [4.78, 5) is 11.2. The summed E-state index contributed by atoms with van der Waals surface area (Å²) in [7, 11) is 1.25. The first-order valence-corrected chi connectivity index (χ1v) is 4.12. The van der Waals surface area contributed by atoms with Crippen LogP contribution in [-0.2, 0) is 4.74 Å². The van der Waals surface area contributed by atoms with Gasteiger partial charge in [-0.1, -0.05) is 0 Å². The van der Waals surface area contributed by atoms with Gasteiger partial charge in [0.25, 0.3) is 0 Å². The van der Waals surface area contributed by atoms with E-state index in [2.05, 4.69) is 4.74 Å². The molecule has 0 atom stereocenters. The molecule has 76 valence electrons. The molecule has 0 amide bonds. The van der Waals surface area contributed by atoms with Gasteiger partial charge in [-0.15, -0.1) is 0 Å². The van der Waals surface area contributed by atoms with Crippen LogP contribution in [0.2, 0.25) is 0 Å². The van der Waals surface area contributed by atoms with Crippen LogP contribution in [0, 0.1) is 19.7 Å². The number of nitrogens with two attached hydrogens (primary N) is 1. The smallest absolute Gasteiger partial charge is 0.338 e. The number of carbonyl (C=O) groups excluding carboxylic acids is 1. The molecule has 3 nitrogen and oxygen atoms in total. The Kier molecular flexibility index (Phi) is 2.74. The van der Waals surface area contributed by atoms with E-state index in [0.29, 0.717) is 16.8 Å². The summed E-state index contributed by atoms with van der Waals surface area (Å²) >= 11 is 0. The van der Waals surface area contributed by atoms with Crippen molar-refractivity contribution in [2.24, 2.45) is 0 Å². The van der Waals surface area contributed by atoms with Crippen LogP contribution in [0.3, 0.4) is 0 Å². The molecule has 14 heavy (non-hydrogen) atoms. The molecule has 1 aromatic carbocycles. The van der Waals surface area contributed by atoms with Crippen molar-refractivity contribution in [1.82, 2.24) is 0 Å². The molecule has 4 heteroatoms. The first kappa shape index (κ1) is 10.5. The molecule has 0 saturated heterocycles. The van der Waals surface area contributed by atoms with Crippen LogP contribution in [0.1, 0.15) is 21.5 Å². The van der Waals surface area contributed by atoms with E-state index in [1.165, 1.54) is 7.11 Å². The number of rotatable bonds is 1. The predicted molar refractivity (Wildman–Crippen MR) is 51.6 cm³/mol. The Labute approximate surface area is 81.7 Å². The minimum Gasteiger partial charge on any atom is -0.465 e. The lowest BCUT2D eigenvalue weighted by Gasteiger charge is -2.10. The zero-order valence-corrected chi connectivity index (χ0v) is 8.35. The van der Waals surface area contributed by atoms with Gasteiger partial charge in [0, 0.05) is 11.3 Å². The highest BCUT2D eigenvalue weighted by atomic mass is 19.1. The molecule has 0 spiro atoms. The van der Waals surface area contributed by atoms with Crippen molar-refractivity contribution in [2.75, 3.05) is 12.8 Å². The lowest BCUT2D eigenvalue weighted by molar-refractivity contribution is 0.0599. The van der Waals surface area contributed by atoms with Crippen molar-refractivity contribution in [3.63, 3.8) is 0 Å². The SMILES string of the molecule is COC(=O)c1cc(F)c(C)c(N)c1C. The third kappa shape index (κ3) is 1.55. The molecule has 2 N–H and O–H groups in total. The topological polar surface area (TPSA) is 52.3 Å². The summed E-state index contributed by atoms with van der Waals surface area (Å²) in [6, 6.07) is 1.15. The number of hydrogen-bond donors (Lipinski definition) is 1. The molecule has 0 aromatic heterocycles. The summed E-state index contributed by atoms with van der Waals surface area (Å²) in [5.74, 6) is -1.07. The quantitative estimate of drug-likeness (QED) is 0.551. The third-order valence-electron chi connectivity index (χ3n) is 2.25. The first-order valence-electron chi connectivity index (χ1n) is 4.12. The van der Waals surface area contributed by atoms with Crippen molar-refractivity contribution in [1.29, 1.82) is 0 Å². The molecule has 0 heterocycles. The normalized spacial score (nSPS) is 10.0. The van der Waals surface area contributed by atoms with E-state index in [1.54, 1.807) is 13.8 Å². The van der Waals surface area contributed by atoms with E-state index in [4.69, 9.17) is 5.73 Å². The lowest BCUT2D eigenvalue weighted by Crippen LogP contribution is -2.08. The van der Waals surface area contributed by atoms with Gasteiger partial charge in [0.15, 0.2) is 0 Å². The molecule has 0 aliphatic carbocycles. The Bertz CT molecular complexity index is 388. The Balaban J connectivity index is 3.40.